The van der Waals surface area contributed by atoms with E-state index in [0.29, 0.717) is 48.2 Å². The van der Waals surface area contributed by atoms with Crippen molar-refractivity contribution in [1.29, 1.82) is 0 Å². The van der Waals surface area contributed by atoms with Gasteiger partial charge in [-0.1, -0.05) is 11.2 Å². The van der Waals surface area contributed by atoms with Gasteiger partial charge in [-0.3, -0.25) is 0 Å². The molecule has 5 rings (SSSR count). The molecule has 3 heterocycles. The molecule has 0 N–H and O–H groups in total. The number of oxazole rings is 1. The second kappa shape index (κ2) is 7.11. The summed E-state index contributed by atoms with van der Waals surface area (Å²) in [5.41, 5.74) is -0.540. The summed E-state index contributed by atoms with van der Waals surface area (Å²) in [7, 11) is 0. The molecule has 158 valence electrons. The average molecular weight is 433 g/mol. The fourth-order valence-electron chi connectivity index (χ4n) is 3.11. The van der Waals surface area contributed by atoms with E-state index in [1.165, 1.54) is 6.39 Å². The number of ether oxygens (including phenoxy) is 2. The Morgan fingerprint density at radius 3 is 2.45 bits per heavy atom. The second-order valence-corrected chi connectivity index (χ2v) is 6.50. The molecule has 0 unspecified atom stereocenters. The third kappa shape index (κ3) is 3.47. The van der Waals surface area contributed by atoms with Crippen molar-refractivity contribution in [3.8, 4) is 45.8 Å². The molecule has 0 saturated carbocycles. The monoisotopic (exact) mass is 433 g/mol. The summed E-state index contributed by atoms with van der Waals surface area (Å²) in [6, 6.07) is 7.55. The largest absolute Gasteiger partial charge is 0.486 e. The molecule has 2 aromatic heterocycles. The number of rotatable bonds is 3. The Morgan fingerprint density at radius 2 is 1.68 bits per heavy atom. The van der Waals surface area contributed by atoms with Crippen molar-refractivity contribution < 1.29 is 36.0 Å². The minimum absolute atomic E-state index is 0.0184. The number of aromatic nitrogens is 3. The minimum atomic E-state index is -4.80. The molecule has 0 atom stereocenters. The van der Waals surface area contributed by atoms with E-state index >= 15 is 0 Å². The van der Waals surface area contributed by atoms with Gasteiger partial charge < -0.3 is 18.4 Å². The van der Waals surface area contributed by atoms with Gasteiger partial charge in [-0.05, 0) is 30.3 Å². The van der Waals surface area contributed by atoms with Crippen molar-refractivity contribution >= 4 is 0 Å². The summed E-state index contributed by atoms with van der Waals surface area (Å²) >= 11 is 0. The van der Waals surface area contributed by atoms with Crippen LogP contribution in [0.4, 0.5) is 17.6 Å². The van der Waals surface area contributed by atoms with Gasteiger partial charge in [0.15, 0.2) is 29.3 Å². The molecule has 0 fully saturated rings. The zero-order valence-corrected chi connectivity index (χ0v) is 15.4. The topological polar surface area (TPSA) is 83.4 Å². The fourth-order valence-corrected chi connectivity index (χ4v) is 3.11. The average Bonchev–Trinajstić information content (AvgIpc) is 3.42. The van der Waals surface area contributed by atoms with Crippen LogP contribution in [0.3, 0.4) is 0 Å². The molecule has 1 aliphatic heterocycles. The highest BCUT2D eigenvalue weighted by atomic mass is 19.4. The number of hydrogen-bond acceptors (Lipinski definition) is 7. The molecular formula is C20H11F4N3O4. The molecule has 0 saturated heterocycles. The van der Waals surface area contributed by atoms with Crippen molar-refractivity contribution in [3.05, 3.63) is 54.2 Å². The summed E-state index contributed by atoms with van der Waals surface area (Å²) in [6.07, 6.45) is -3.62. The summed E-state index contributed by atoms with van der Waals surface area (Å²) in [5, 5.41) is 3.72. The molecule has 31 heavy (non-hydrogen) atoms. The summed E-state index contributed by atoms with van der Waals surface area (Å²) < 4.78 is 73.9. The molecule has 0 amide bonds. The Kier molecular flexibility index (Phi) is 4.38. The quantitative estimate of drug-likeness (QED) is 0.421. The van der Waals surface area contributed by atoms with Crippen LogP contribution >= 0.6 is 0 Å². The van der Waals surface area contributed by atoms with Crippen LogP contribution in [0.5, 0.6) is 11.5 Å². The molecule has 0 spiro atoms. The van der Waals surface area contributed by atoms with Gasteiger partial charge >= 0.3 is 6.18 Å². The Bertz CT molecular complexity index is 1270. The van der Waals surface area contributed by atoms with Gasteiger partial charge in [0.1, 0.15) is 19.0 Å². The zero-order chi connectivity index (χ0) is 21.6. The normalized spacial score (nSPS) is 13.4. The maximum Gasteiger partial charge on any atom is 0.419 e. The molecule has 11 heteroatoms. The fraction of sp³-hybridized carbons (Fsp3) is 0.150. The first-order valence-electron chi connectivity index (χ1n) is 8.95. The smallest absolute Gasteiger partial charge is 0.419 e. The van der Waals surface area contributed by atoms with E-state index in [2.05, 4.69) is 15.1 Å². The predicted molar refractivity (Wildman–Crippen MR) is 96.6 cm³/mol. The van der Waals surface area contributed by atoms with Crippen LogP contribution in [0, 0.1) is 5.82 Å². The lowest BCUT2D eigenvalue weighted by Gasteiger charge is -2.18. The minimum Gasteiger partial charge on any atom is -0.486 e. The van der Waals surface area contributed by atoms with Gasteiger partial charge in [0, 0.05) is 11.1 Å². The van der Waals surface area contributed by atoms with Crippen LogP contribution in [0.1, 0.15) is 5.56 Å². The highest BCUT2D eigenvalue weighted by Gasteiger charge is 2.34. The zero-order valence-electron chi connectivity index (χ0n) is 15.4. The van der Waals surface area contributed by atoms with Crippen LogP contribution in [-0.4, -0.2) is 28.3 Å². The van der Waals surface area contributed by atoms with E-state index in [0.717, 1.165) is 6.07 Å². The van der Waals surface area contributed by atoms with Crippen molar-refractivity contribution in [1.82, 2.24) is 15.1 Å². The summed E-state index contributed by atoms with van der Waals surface area (Å²) in [6.45, 7) is 0.867. The van der Waals surface area contributed by atoms with Crippen LogP contribution < -0.4 is 9.47 Å². The first-order valence-corrected chi connectivity index (χ1v) is 8.95. The first kappa shape index (κ1) is 19.1. The molecular weight excluding hydrogens is 422 g/mol. The lowest BCUT2D eigenvalue weighted by Crippen LogP contribution is -2.15. The highest BCUT2D eigenvalue weighted by Crippen LogP contribution is 2.38. The van der Waals surface area contributed by atoms with Gasteiger partial charge in [-0.2, -0.15) is 18.2 Å². The number of alkyl halides is 3. The number of fused-ring (bicyclic) bond motifs is 1. The van der Waals surface area contributed by atoms with Gasteiger partial charge in [-0.25, -0.2) is 9.37 Å². The van der Waals surface area contributed by atoms with Crippen molar-refractivity contribution in [3.63, 3.8) is 0 Å². The van der Waals surface area contributed by atoms with Crippen molar-refractivity contribution in [2.75, 3.05) is 13.2 Å². The Labute approximate surface area is 171 Å². The lowest BCUT2D eigenvalue weighted by atomic mass is 10.1. The van der Waals surface area contributed by atoms with E-state index < -0.39 is 17.6 Å². The predicted octanol–water partition coefficient (Wildman–Crippen LogP) is 4.99. The first-order chi connectivity index (χ1) is 14.9. The van der Waals surface area contributed by atoms with E-state index in [9.17, 15) is 17.6 Å². The molecule has 7 nitrogen and oxygen atoms in total. The third-order valence-corrected chi connectivity index (χ3v) is 4.53. The van der Waals surface area contributed by atoms with Gasteiger partial charge in [0.25, 0.3) is 5.89 Å². The summed E-state index contributed by atoms with van der Waals surface area (Å²) in [5.74, 6) is -0.133. The lowest BCUT2D eigenvalue weighted by molar-refractivity contribution is -0.139. The van der Waals surface area contributed by atoms with E-state index in [1.54, 1.807) is 18.2 Å². The summed E-state index contributed by atoms with van der Waals surface area (Å²) in [4.78, 5) is 8.21. The highest BCUT2D eigenvalue weighted by molar-refractivity contribution is 5.74. The van der Waals surface area contributed by atoms with Crippen LogP contribution in [0.25, 0.3) is 34.3 Å². The number of benzene rings is 2. The Balaban J connectivity index is 1.48. The molecule has 1 aliphatic rings. The SMILES string of the molecule is Fc1cc(-c2noc(-c3ncoc3-c3ccc4c(c3)OCCO4)n2)ccc1C(F)(F)F. The Hall–Kier alpha value is -3.89. The molecule has 4 aromatic rings. The third-order valence-electron chi connectivity index (χ3n) is 4.53. The number of nitrogens with zero attached hydrogens (tertiary/aromatic N) is 3. The Morgan fingerprint density at radius 1 is 0.903 bits per heavy atom. The second-order valence-electron chi connectivity index (χ2n) is 6.50. The van der Waals surface area contributed by atoms with Crippen LogP contribution in [0.15, 0.2) is 51.7 Å². The number of hydrogen-bond donors (Lipinski definition) is 0. The van der Waals surface area contributed by atoms with E-state index in [4.69, 9.17) is 18.4 Å². The molecule has 0 radical (unpaired) electrons. The van der Waals surface area contributed by atoms with Crippen LogP contribution in [-0.2, 0) is 6.18 Å². The van der Waals surface area contributed by atoms with Gasteiger partial charge in [0.05, 0.1) is 5.56 Å². The molecule has 2 aromatic carbocycles. The van der Waals surface area contributed by atoms with Crippen LogP contribution in [0.2, 0.25) is 0 Å². The molecule has 0 bridgehead atoms. The van der Waals surface area contributed by atoms with Gasteiger partial charge in [0.2, 0.25) is 5.82 Å². The maximum absolute atomic E-state index is 13.9. The maximum atomic E-state index is 13.9. The van der Waals surface area contributed by atoms with Crippen molar-refractivity contribution in [2.24, 2.45) is 0 Å². The van der Waals surface area contributed by atoms with E-state index in [-0.39, 0.29) is 23.0 Å². The van der Waals surface area contributed by atoms with E-state index in [1.807, 2.05) is 0 Å². The van der Waals surface area contributed by atoms with Crippen molar-refractivity contribution in [2.45, 2.75) is 6.18 Å². The molecule has 0 aliphatic carbocycles. The van der Waals surface area contributed by atoms with Gasteiger partial charge in [-0.15, -0.1) is 0 Å². The standard InChI is InChI=1S/C20H11F4N3O4/c21-13-7-11(1-3-12(13)20(22,23)24)18-26-19(31-27-18)16-17(30-9-25-16)10-2-4-14-15(8-10)29-6-5-28-14/h1-4,7-9H,5-6H2. The number of halogens is 4.